The predicted molar refractivity (Wildman–Crippen MR) is 58.0 cm³/mol. The molecule has 1 saturated carbocycles. The highest BCUT2D eigenvalue weighted by atomic mass is 19.4. The van der Waals surface area contributed by atoms with E-state index >= 15 is 0 Å². The zero-order valence-electron chi connectivity index (χ0n) is 9.94. The van der Waals surface area contributed by atoms with Gasteiger partial charge in [0.15, 0.2) is 11.9 Å². The number of methoxy groups -OCH3 is 1. The summed E-state index contributed by atoms with van der Waals surface area (Å²) >= 11 is 0. The van der Waals surface area contributed by atoms with Crippen LogP contribution in [0.25, 0.3) is 0 Å². The zero-order valence-corrected chi connectivity index (χ0v) is 9.94. The average Bonchev–Trinajstić information content (AvgIpc) is 2.29. The molecule has 0 spiro atoms. The average molecular weight is 276 g/mol. The van der Waals surface area contributed by atoms with E-state index in [9.17, 15) is 18.0 Å². The van der Waals surface area contributed by atoms with Crippen LogP contribution in [0.15, 0.2) is 24.3 Å². The second-order valence-electron chi connectivity index (χ2n) is 4.00. The van der Waals surface area contributed by atoms with Gasteiger partial charge in [-0.05, 0) is 24.3 Å². The zero-order chi connectivity index (χ0) is 14.0. The molecule has 7 heteroatoms. The summed E-state index contributed by atoms with van der Waals surface area (Å²) in [5, 5.41) is 0. The van der Waals surface area contributed by atoms with Gasteiger partial charge >= 0.3 is 6.36 Å². The smallest absolute Gasteiger partial charge is 0.487 e. The van der Waals surface area contributed by atoms with Gasteiger partial charge < -0.3 is 14.2 Å². The number of halogens is 3. The van der Waals surface area contributed by atoms with Gasteiger partial charge in [-0.1, -0.05) is 0 Å². The largest absolute Gasteiger partial charge is 0.573 e. The molecule has 104 valence electrons. The van der Waals surface area contributed by atoms with Gasteiger partial charge in [-0.3, -0.25) is 4.79 Å². The molecule has 2 atom stereocenters. The van der Waals surface area contributed by atoms with E-state index in [-0.39, 0.29) is 18.0 Å². The van der Waals surface area contributed by atoms with Crippen molar-refractivity contribution in [2.45, 2.75) is 25.0 Å². The number of carbonyl (C=O) groups is 1. The van der Waals surface area contributed by atoms with E-state index in [0.717, 1.165) is 12.1 Å². The van der Waals surface area contributed by atoms with Gasteiger partial charge in [0, 0.05) is 13.5 Å². The molecule has 1 aromatic carbocycles. The minimum absolute atomic E-state index is 0.0514. The Labute approximate surface area is 107 Å². The van der Waals surface area contributed by atoms with Gasteiger partial charge in [-0.15, -0.1) is 13.2 Å². The van der Waals surface area contributed by atoms with Gasteiger partial charge in [0.25, 0.3) is 0 Å². The first-order valence-corrected chi connectivity index (χ1v) is 5.47. The van der Waals surface area contributed by atoms with Crippen molar-refractivity contribution in [3.8, 4) is 11.5 Å². The fourth-order valence-corrected chi connectivity index (χ4v) is 1.75. The molecule has 0 saturated heterocycles. The monoisotopic (exact) mass is 276 g/mol. The molecule has 0 radical (unpaired) electrons. The maximum Gasteiger partial charge on any atom is 0.573 e. The van der Waals surface area contributed by atoms with Crippen molar-refractivity contribution in [1.29, 1.82) is 0 Å². The Bertz CT molecular complexity index is 455. The molecule has 1 fully saturated rings. The SMILES string of the molecule is COC1C(=O)CC1Oc1ccc(OC(F)(F)F)cc1. The van der Waals surface area contributed by atoms with Crippen LogP contribution in [0.3, 0.4) is 0 Å². The number of ketones is 1. The second-order valence-corrected chi connectivity index (χ2v) is 4.00. The van der Waals surface area contributed by atoms with Crippen LogP contribution in [0.1, 0.15) is 6.42 Å². The molecule has 0 aliphatic heterocycles. The minimum atomic E-state index is -4.72. The summed E-state index contributed by atoms with van der Waals surface area (Å²) in [4.78, 5) is 11.1. The number of hydrogen-bond donors (Lipinski definition) is 0. The molecule has 0 amide bonds. The summed E-state index contributed by atoms with van der Waals surface area (Å²) in [5.41, 5.74) is 0. The topological polar surface area (TPSA) is 44.8 Å². The van der Waals surface area contributed by atoms with Crippen molar-refractivity contribution < 1.29 is 32.2 Å². The van der Waals surface area contributed by atoms with Crippen molar-refractivity contribution >= 4 is 5.78 Å². The highest BCUT2D eigenvalue weighted by Gasteiger charge is 2.42. The van der Waals surface area contributed by atoms with Crippen LogP contribution in [-0.4, -0.2) is 31.5 Å². The molecule has 0 N–H and O–H groups in total. The molecule has 1 aromatic rings. The Morgan fingerprint density at radius 1 is 1.16 bits per heavy atom. The highest BCUT2D eigenvalue weighted by molar-refractivity contribution is 5.90. The van der Waals surface area contributed by atoms with E-state index in [2.05, 4.69) is 4.74 Å². The summed E-state index contributed by atoms with van der Waals surface area (Å²) < 4.78 is 49.9. The predicted octanol–water partition coefficient (Wildman–Crippen LogP) is 2.32. The van der Waals surface area contributed by atoms with Crippen LogP contribution in [0.4, 0.5) is 13.2 Å². The Hall–Kier alpha value is -1.76. The fraction of sp³-hybridized carbons (Fsp3) is 0.417. The fourth-order valence-electron chi connectivity index (χ4n) is 1.75. The molecule has 4 nitrogen and oxygen atoms in total. The molecule has 0 aromatic heterocycles. The second kappa shape index (κ2) is 5.08. The Morgan fingerprint density at radius 2 is 1.74 bits per heavy atom. The van der Waals surface area contributed by atoms with E-state index in [1.54, 1.807) is 0 Å². The molecular formula is C12H11F3O4. The van der Waals surface area contributed by atoms with Crippen LogP contribution >= 0.6 is 0 Å². The molecule has 0 bridgehead atoms. The van der Waals surface area contributed by atoms with Gasteiger partial charge in [0.1, 0.15) is 17.6 Å². The summed E-state index contributed by atoms with van der Waals surface area (Å²) in [6, 6.07) is 4.98. The first-order chi connectivity index (χ1) is 8.89. The lowest BCUT2D eigenvalue weighted by Gasteiger charge is -2.33. The third-order valence-electron chi connectivity index (χ3n) is 2.66. The van der Waals surface area contributed by atoms with Crippen LogP contribution in [0.5, 0.6) is 11.5 Å². The minimum Gasteiger partial charge on any atom is -0.487 e. The molecule has 2 rings (SSSR count). The highest BCUT2D eigenvalue weighted by Crippen LogP contribution is 2.28. The number of carbonyl (C=O) groups excluding carboxylic acids is 1. The van der Waals surface area contributed by atoms with E-state index in [0.29, 0.717) is 5.75 Å². The maximum atomic E-state index is 11.9. The van der Waals surface area contributed by atoms with Crippen LogP contribution in [0, 0.1) is 0 Å². The number of Topliss-reactive ketones (excluding diaryl/α,β-unsaturated/α-hetero) is 1. The Balaban J connectivity index is 1.94. The van der Waals surface area contributed by atoms with Crippen molar-refractivity contribution in [2.24, 2.45) is 0 Å². The maximum absolute atomic E-state index is 11.9. The van der Waals surface area contributed by atoms with Crippen molar-refractivity contribution in [2.75, 3.05) is 7.11 Å². The van der Waals surface area contributed by atoms with Crippen molar-refractivity contribution in [3.05, 3.63) is 24.3 Å². The number of hydrogen-bond acceptors (Lipinski definition) is 4. The first kappa shape index (κ1) is 13.7. The van der Waals surface area contributed by atoms with Crippen LogP contribution < -0.4 is 9.47 Å². The lowest BCUT2D eigenvalue weighted by molar-refractivity contribution is -0.274. The molecule has 0 heterocycles. The van der Waals surface area contributed by atoms with Crippen LogP contribution in [0.2, 0.25) is 0 Å². The number of alkyl halides is 3. The molecule has 19 heavy (non-hydrogen) atoms. The van der Waals surface area contributed by atoms with E-state index in [1.165, 1.54) is 19.2 Å². The number of benzene rings is 1. The summed E-state index contributed by atoms with van der Waals surface area (Å²) in [5.74, 6) is -0.0218. The first-order valence-electron chi connectivity index (χ1n) is 5.47. The van der Waals surface area contributed by atoms with Gasteiger partial charge in [-0.25, -0.2) is 0 Å². The van der Waals surface area contributed by atoms with E-state index in [4.69, 9.17) is 9.47 Å². The lowest BCUT2D eigenvalue weighted by Crippen LogP contribution is -2.51. The van der Waals surface area contributed by atoms with E-state index in [1.807, 2.05) is 0 Å². The van der Waals surface area contributed by atoms with Gasteiger partial charge in [0.2, 0.25) is 0 Å². The Kier molecular flexibility index (Phi) is 3.66. The van der Waals surface area contributed by atoms with Crippen molar-refractivity contribution in [3.63, 3.8) is 0 Å². The quantitative estimate of drug-likeness (QED) is 0.846. The summed E-state index contributed by atoms with van der Waals surface area (Å²) in [6.45, 7) is 0. The normalized spacial score (nSPS) is 22.8. The van der Waals surface area contributed by atoms with Crippen molar-refractivity contribution in [1.82, 2.24) is 0 Å². The molecule has 1 aliphatic carbocycles. The number of rotatable bonds is 4. The molecule has 2 unspecified atom stereocenters. The Morgan fingerprint density at radius 3 is 2.21 bits per heavy atom. The third-order valence-corrected chi connectivity index (χ3v) is 2.66. The third kappa shape index (κ3) is 3.37. The molecule has 1 aliphatic rings. The standard InChI is InChI=1S/C12H11F3O4/c1-17-11-9(16)6-10(11)18-7-2-4-8(5-3-7)19-12(13,14)15/h2-5,10-11H,6H2,1H3. The number of ether oxygens (including phenoxy) is 3. The lowest BCUT2D eigenvalue weighted by atomic mass is 9.90. The van der Waals surface area contributed by atoms with Gasteiger partial charge in [-0.2, -0.15) is 0 Å². The summed E-state index contributed by atoms with van der Waals surface area (Å²) in [7, 11) is 1.40. The van der Waals surface area contributed by atoms with Gasteiger partial charge in [0.05, 0.1) is 0 Å². The molecular weight excluding hydrogens is 265 g/mol. The van der Waals surface area contributed by atoms with Crippen LogP contribution in [-0.2, 0) is 9.53 Å². The summed E-state index contributed by atoms with van der Waals surface area (Å²) in [6.07, 6.45) is -5.48. The van der Waals surface area contributed by atoms with E-state index < -0.39 is 18.6 Å².